The minimum Gasteiger partial charge on any atom is -0.393 e. The van der Waals surface area contributed by atoms with E-state index in [0.717, 1.165) is 12.8 Å². The normalized spacial score (nSPS) is 30.6. The molecule has 5 heteroatoms. The maximum absolute atomic E-state index is 12.5. The second-order valence-corrected chi connectivity index (χ2v) is 5.49. The molecule has 2 atom stereocenters. The molecule has 4 nitrogen and oxygen atoms in total. The molecule has 3 heterocycles. The number of pyridine rings is 1. The van der Waals surface area contributed by atoms with Gasteiger partial charge in [-0.15, -0.1) is 0 Å². The number of piperidine rings is 1. The lowest BCUT2D eigenvalue weighted by atomic mass is 9.99. The molecule has 2 aliphatic rings. The number of nitrogens with zero attached hydrogens (tertiary/aromatic N) is 2. The summed E-state index contributed by atoms with van der Waals surface area (Å²) >= 11 is 6.02. The summed E-state index contributed by atoms with van der Waals surface area (Å²) in [7, 11) is 0. The maximum atomic E-state index is 12.5. The van der Waals surface area contributed by atoms with Crippen LogP contribution in [0.4, 0.5) is 0 Å². The number of halogens is 1. The van der Waals surface area contributed by atoms with Gasteiger partial charge in [-0.1, -0.05) is 11.6 Å². The summed E-state index contributed by atoms with van der Waals surface area (Å²) in [5.74, 6) is -0.0261. The van der Waals surface area contributed by atoms with Crippen LogP contribution in [0.1, 0.15) is 36.0 Å². The van der Waals surface area contributed by atoms with Gasteiger partial charge < -0.3 is 10.0 Å². The van der Waals surface area contributed by atoms with Crippen molar-refractivity contribution in [2.45, 2.75) is 43.9 Å². The van der Waals surface area contributed by atoms with Gasteiger partial charge in [0.2, 0.25) is 0 Å². The largest absolute Gasteiger partial charge is 0.393 e. The van der Waals surface area contributed by atoms with Crippen LogP contribution in [0, 0.1) is 0 Å². The first-order valence-electron chi connectivity index (χ1n) is 6.27. The highest BCUT2D eigenvalue weighted by Crippen LogP contribution is 2.37. The lowest BCUT2D eigenvalue weighted by Crippen LogP contribution is -2.48. The summed E-state index contributed by atoms with van der Waals surface area (Å²) in [6, 6.07) is 1.99. The highest BCUT2D eigenvalue weighted by atomic mass is 35.5. The molecule has 2 fully saturated rings. The van der Waals surface area contributed by atoms with E-state index in [-0.39, 0.29) is 24.1 Å². The minimum atomic E-state index is -0.264. The number of rotatable bonds is 1. The van der Waals surface area contributed by atoms with Gasteiger partial charge in [-0.05, 0) is 31.7 Å². The van der Waals surface area contributed by atoms with E-state index in [4.69, 9.17) is 11.6 Å². The Balaban J connectivity index is 1.88. The topological polar surface area (TPSA) is 53.4 Å². The van der Waals surface area contributed by atoms with E-state index >= 15 is 0 Å². The van der Waals surface area contributed by atoms with Crippen LogP contribution in [0.2, 0.25) is 5.02 Å². The van der Waals surface area contributed by atoms with Crippen LogP contribution in [0.5, 0.6) is 0 Å². The van der Waals surface area contributed by atoms with Crippen molar-refractivity contribution in [2.75, 3.05) is 0 Å². The molecule has 0 saturated carbocycles. The summed E-state index contributed by atoms with van der Waals surface area (Å²) in [6.07, 6.45) is 6.15. The number of amides is 1. The van der Waals surface area contributed by atoms with E-state index < -0.39 is 0 Å². The number of carbonyl (C=O) groups is 1. The summed E-state index contributed by atoms with van der Waals surface area (Å²) in [5.41, 5.74) is 0.514. The van der Waals surface area contributed by atoms with E-state index in [0.29, 0.717) is 23.4 Å². The summed E-state index contributed by atoms with van der Waals surface area (Å²) in [4.78, 5) is 18.3. The van der Waals surface area contributed by atoms with E-state index in [9.17, 15) is 9.90 Å². The Morgan fingerprint density at radius 3 is 2.67 bits per heavy atom. The van der Waals surface area contributed by atoms with Gasteiger partial charge in [0.25, 0.3) is 5.91 Å². The van der Waals surface area contributed by atoms with E-state index in [1.807, 2.05) is 4.90 Å². The highest BCUT2D eigenvalue weighted by molar-refractivity contribution is 6.33. The minimum absolute atomic E-state index is 0.0261. The monoisotopic (exact) mass is 266 g/mol. The van der Waals surface area contributed by atoms with Crippen molar-refractivity contribution in [3.05, 3.63) is 29.0 Å². The number of aromatic nitrogens is 1. The van der Waals surface area contributed by atoms with Gasteiger partial charge in [0.15, 0.2) is 0 Å². The number of aliphatic hydroxyl groups excluding tert-OH is 1. The molecule has 1 aromatic rings. The molecule has 2 unspecified atom stereocenters. The highest BCUT2D eigenvalue weighted by Gasteiger charge is 2.43. The fourth-order valence-corrected chi connectivity index (χ4v) is 3.37. The predicted octanol–water partition coefficient (Wildman–Crippen LogP) is 1.86. The van der Waals surface area contributed by atoms with Gasteiger partial charge in [0.05, 0.1) is 16.7 Å². The molecule has 1 aromatic heterocycles. The van der Waals surface area contributed by atoms with Crippen molar-refractivity contribution < 1.29 is 9.90 Å². The third-order valence-electron chi connectivity index (χ3n) is 3.95. The molecule has 3 rings (SSSR count). The predicted molar refractivity (Wildman–Crippen MR) is 67.5 cm³/mol. The van der Waals surface area contributed by atoms with Crippen molar-refractivity contribution in [3.8, 4) is 0 Å². The Morgan fingerprint density at radius 1 is 1.39 bits per heavy atom. The first-order chi connectivity index (χ1) is 8.66. The zero-order valence-corrected chi connectivity index (χ0v) is 10.7. The van der Waals surface area contributed by atoms with Crippen molar-refractivity contribution in [1.29, 1.82) is 0 Å². The number of fused-ring (bicyclic) bond motifs is 2. The van der Waals surface area contributed by atoms with Gasteiger partial charge in [-0.25, -0.2) is 0 Å². The van der Waals surface area contributed by atoms with Crippen LogP contribution < -0.4 is 0 Å². The average Bonchev–Trinajstić information content (AvgIpc) is 2.61. The third-order valence-corrected chi connectivity index (χ3v) is 4.25. The Kier molecular flexibility index (Phi) is 2.99. The van der Waals surface area contributed by atoms with Gasteiger partial charge in [0, 0.05) is 24.5 Å². The number of aliphatic hydroxyl groups is 1. The lowest BCUT2D eigenvalue weighted by molar-refractivity contribution is 0.0287. The van der Waals surface area contributed by atoms with Crippen molar-refractivity contribution in [1.82, 2.24) is 9.88 Å². The zero-order chi connectivity index (χ0) is 12.7. The van der Waals surface area contributed by atoms with Crippen molar-refractivity contribution >= 4 is 17.5 Å². The summed E-state index contributed by atoms with van der Waals surface area (Å²) < 4.78 is 0. The quantitative estimate of drug-likeness (QED) is 0.844. The second kappa shape index (κ2) is 4.52. The van der Waals surface area contributed by atoms with E-state index in [1.165, 1.54) is 6.20 Å². The third kappa shape index (κ3) is 1.89. The smallest absolute Gasteiger partial charge is 0.255 e. The van der Waals surface area contributed by atoms with Crippen LogP contribution in [0.3, 0.4) is 0 Å². The van der Waals surface area contributed by atoms with Crippen molar-refractivity contribution in [3.63, 3.8) is 0 Å². The fourth-order valence-electron chi connectivity index (χ4n) is 3.17. The number of hydrogen-bond acceptors (Lipinski definition) is 3. The lowest BCUT2D eigenvalue weighted by Gasteiger charge is -2.37. The van der Waals surface area contributed by atoms with Crippen LogP contribution in [-0.4, -0.2) is 39.1 Å². The Hall–Kier alpha value is -1.13. The molecule has 1 N–H and O–H groups in total. The van der Waals surface area contributed by atoms with E-state index in [1.54, 1.807) is 12.3 Å². The molecule has 2 saturated heterocycles. The zero-order valence-electron chi connectivity index (χ0n) is 9.92. The summed E-state index contributed by atoms with van der Waals surface area (Å²) in [6.45, 7) is 0. The molecule has 0 aromatic carbocycles. The second-order valence-electron chi connectivity index (χ2n) is 5.08. The number of carbonyl (C=O) groups excluding carboxylic acids is 1. The molecule has 1 amide bonds. The standard InChI is InChI=1S/C13H15ClN2O2/c14-12-7-15-4-3-11(12)13(18)16-8-1-2-9(16)6-10(17)5-8/h3-4,7-10,17H,1-2,5-6H2. The number of hydrogen-bond donors (Lipinski definition) is 1. The van der Waals surface area contributed by atoms with Gasteiger partial charge in [0.1, 0.15) is 0 Å². The fraction of sp³-hybridized carbons (Fsp3) is 0.538. The first-order valence-corrected chi connectivity index (χ1v) is 6.65. The maximum Gasteiger partial charge on any atom is 0.255 e. The Labute approximate surface area is 111 Å². The summed E-state index contributed by atoms with van der Waals surface area (Å²) in [5, 5.41) is 10.1. The average molecular weight is 267 g/mol. The van der Waals surface area contributed by atoms with Gasteiger partial charge in [-0.3, -0.25) is 9.78 Å². The molecular weight excluding hydrogens is 252 g/mol. The van der Waals surface area contributed by atoms with Crippen LogP contribution >= 0.6 is 11.6 Å². The van der Waals surface area contributed by atoms with Crippen molar-refractivity contribution in [2.24, 2.45) is 0 Å². The van der Waals surface area contributed by atoms with Crippen LogP contribution in [0.15, 0.2) is 18.5 Å². The molecule has 96 valence electrons. The molecule has 0 spiro atoms. The molecule has 2 bridgehead atoms. The molecule has 18 heavy (non-hydrogen) atoms. The van der Waals surface area contributed by atoms with Crippen LogP contribution in [-0.2, 0) is 0 Å². The van der Waals surface area contributed by atoms with E-state index in [2.05, 4.69) is 4.98 Å². The molecule has 0 radical (unpaired) electrons. The Morgan fingerprint density at radius 2 is 2.06 bits per heavy atom. The molecular formula is C13H15ClN2O2. The first kappa shape index (κ1) is 11.9. The van der Waals surface area contributed by atoms with Gasteiger partial charge >= 0.3 is 0 Å². The molecule has 2 aliphatic heterocycles. The molecule has 0 aliphatic carbocycles. The SMILES string of the molecule is O=C(c1ccncc1Cl)N1C2CCC1CC(O)C2. The van der Waals surface area contributed by atoms with Gasteiger partial charge in [-0.2, -0.15) is 0 Å². The van der Waals surface area contributed by atoms with Crippen LogP contribution in [0.25, 0.3) is 0 Å². The Bertz CT molecular complexity index is 466.